The Bertz CT molecular complexity index is 501. The summed E-state index contributed by atoms with van der Waals surface area (Å²) in [6.07, 6.45) is 0.532. The molecule has 2 rings (SSSR count). The van der Waals surface area contributed by atoms with E-state index in [1.807, 2.05) is 25.1 Å². The van der Waals surface area contributed by atoms with Gasteiger partial charge in [0.2, 0.25) is 0 Å². The summed E-state index contributed by atoms with van der Waals surface area (Å²) in [7, 11) is 0. The van der Waals surface area contributed by atoms with Crippen LogP contribution in [0.2, 0.25) is 0 Å². The van der Waals surface area contributed by atoms with Gasteiger partial charge in [-0.2, -0.15) is 0 Å². The van der Waals surface area contributed by atoms with Gasteiger partial charge in [-0.1, -0.05) is 11.6 Å². The van der Waals surface area contributed by atoms with Gasteiger partial charge in [0.1, 0.15) is 0 Å². The summed E-state index contributed by atoms with van der Waals surface area (Å²) in [5.41, 5.74) is 1.61. The molecular formula is C13H14BrNO3. The van der Waals surface area contributed by atoms with Crippen molar-refractivity contribution < 1.29 is 14.7 Å². The SMILES string of the molecule is Cc1ccc(Br)c(C(=O)N2CCC(C(=O)O)C2)c1. The van der Waals surface area contributed by atoms with Crippen LogP contribution in [0.5, 0.6) is 0 Å². The van der Waals surface area contributed by atoms with Gasteiger partial charge >= 0.3 is 5.97 Å². The molecule has 0 spiro atoms. The lowest BCUT2D eigenvalue weighted by atomic mass is 10.1. The van der Waals surface area contributed by atoms with Gasteiger partial charge < -0.3 is 10.0 Å². The molecule has 0 bridgehead atoms. The van der Waals surface area contributed by atoms with Crippen molar-refractivity contribution in [2.24, 2.45) is 5.92 Å². The van der Waals surface area contributed by atoms with E-state index >= 15 is 0 Å². The minimum atomic E-state index is -0.825. The number of likely N-dealkylation sites (tertiary alicyclic amines) is 1. The average molecular weight is 312 g/mol. The molecule has 5 heteroatoms. The molecule has 1 saturated heterocycles. The first-order valence-corrected chi connectivity index (χ1v) is 6.56. The van der Waals surface area contributed by atoms with Gasteiger partial charge in [-0.05, 0) is 41.4 Å². The van der Waals surface area contributed by atoms with Gasteiger partial charge in [0.05, 0.1) is 11.5 Å². The van der Waals surface area contributed by atoms with Crippen molar-refractivity contribution in [3.05, 3.63) is 33.8 Å². The van der Waals surface area contributed by atoms with E-state index in [1.54, 1.807) is 4.90 Å². The quantitative estimate of drug-likeness (QED) is 0.911. The molecule has 1 N–H and O–H groups in total. The number of hydrogen-bond acceptors (Lipinski definition) is 2. The lowest BCUT2D eigenvalue weighted by Gasteiger charge is -2.17. The zero-order chi connectivity index (χ0) is 13.3. The Balaban J connectivity index is 2.17. The Morgan fingerprint density at radius 1 is 1.44 bits per heavy atom. The normalized spacial score (nSPS) is 19.0. The van der Waals surface area contributed by atoms with Gasteiger partial charge in [-0.3, -0.25) is 9.59 Å². The summed E-state index contributed by atoms with van der Waals surface area (Å²) in [6, 6.07) is 5.58. The van der Waals surface area contributed by atoms with Gasteiger partial charge in [-0.25, -0.2) is 0 Å². The molecule has 1 atom stereocenters. The fraction of sp³-hybridized carbons (Fsp3) is 0.385. The van der Waals surface area contributed by atoms with Crippen LogP contribution in [0, 0.1) is 12.8 Å². The van der Waals surface area contributed by atoms with E-state index in [9.17, 15) is 9.59 Å². The molecule has 0 saturated carbocycles. The third-order valence-corrected chi connectivity index (χ3v) is 3.87. The summed E-state index contributed by atoms with van der Waals surface area (Å²) >= 11 is 3.36. The maximum absolute atomic E-state index is 12.3. The minimum absolute atomic E-state index is 0.102. The van der Waals surface area contributed by atoms with Gasteiger partial charge in [-0.15, -0.1) is 0 Å². The second-order valence-corrected chi connectivity index (χ2v) is 5.41. The third-order valence-electron chi connectivity index (χ3n) is 3.18. The van der Waals surface area contributed by atoms with Crippen LogP contribution in [0.3, 0.4) is 0 Å². The van der Waals surface area contributed by atoms with Gasteiger partial charge in [0.15, 0.2) is 0 Å². The molecular weight excluding hydrogens is 298 g/mol. The molecule has 96 valence electrons. The number of nitrogens with zero attached hydrogens (tertiary/aromatic N) is 1. The highest BCUT2D eigenvalue weighted by molar-refractivity contribution is 9.10. The summed E-state index contributed by atoms with van der Waals surface area (Å²) in [5.74, 6) is -1.36. The Kier molecular flexibility index (Phi) is 3.71. The lowest BCUT2D eigenvalue weighted by Crippen LogP contribution is -2.30. The zero-order valence-corrected chi connectivity index (χ0v) is 11.6. The van der Waals surface area contributed by atoms with Crippen molar-refractivity contribution in [2.75, 3.05) is 13.1 Å². The maximum atomic E-state index is 12.3. The van der Waals surface area contributed by atoms with Gasteiger partial charge in [0.25, 0.3) is 5.91 Å². The summed E-state index contributed by atoms with van der Waals surface area (Å²) < 4.78 is 0.747. The van der Waals surface area contributed by atoms with E-state index in [0.29, 0.717) is 25.1 Å². The molecule has 1 aromatic carbocycles. The van der Waals surface area contributed by atoms with Crippen molar-refractivity contribution in [3.8, 4) is 0 Å². The van der Waals surface area contributed by atoms with E-state index in [4.69, 9.17) is 5.11 Å². The average Bonchev–Trinajstić information content (AvgIpc) is 2.81. The number of benzene rings is 1. The molecule has 1 heterocycles. The van der Waals surface area contributed by atoms with Crippen LogP contribution in [0.15, 0.2) is 22.7 Å². The van der Waals surface area contributed by atoms with Gasteiger partial charge in [0, 0.05) is 17.6 Å². The number of carbonyl (C=O) groups excluding carboxylic acids is 1. The topological polar surface area (TPSA) is 57.6 Å². The molecule has 1 aromatic rings. The highest BCUT2D eigenvalue weighted by Crippen LogP contribution is 2.24. The van der Waals surface area contributed by atoms with E-state index in [1.165, 1.54) is 0 Å². The highest BCUT2D eigenvalue weighted by Gasteiger charge is 2.31. The Hall–Kier alpha value is -1.36. The Labute approximate surface area is 114 Å². The fourth-order valence-corrected chi connectivity index (χ4v) is 2.54. The maximum Gasteiger partial charge on any atom is 0.308 e. The molecule has 1 unspecified atom stereocenters. The first-order chi connectivity index (χ1) is 8.49. The molecule has 0 aromatic heterocycles. The number of aliphatic carboxylic acids is 1. The summed E-state index contributed by atoms with van der Waals surface area (Å²) in [5, 5.41) is 8.93. The lowest BCUT2D eigenvalue weighted by molar-refractivity contribution is -0.141. The molecule has 0 radical (unpaired) electrons. The van der Waals surface area contributed by atoms with Crippen LogP contribution in [-0.4, -0.2) is 35.0 Å². The number of halogens is 1. The summed E-state index contributed by atoms with van der Waals surface area (Å²) in [4.78, 5) is 24.8. The van der Waals surface area contributed by atoms with Crippen LogP contribution in [0.4, 0.5) is 0 Å². The third kappa shape index (κ3) is 2.56. The molecule has 1 aliphatic heterocycles. The van der Waals surface area contributed by atoms with Crippen LogP contribution in [0.1, 0.15) is 22.3 Å². The van der Waals surface area contributed by atoms with Crippen molar-refractivity contribution in [1.82, 2.24) is 4.90 Å². The Morgan fingerprint density at radius 2 is 2.17 bits per heavy atom. The molecule has 1 amide bonds. The largest absolute Gasteiger partial charge is 0.481 e. The van der Waals surface area contributed by atoms with Crippen LogP contribution >= 0.6 is 15.9 Å². The molecule has 1 aliphatic rings. The van der Waals surface area contributed by atoms with Crippen molar-refractivity contribution in [2.45, 2.75) is 13.3 Å². The number of carboxylic acids is 1. The van der Waals surface area contributed by atoms with Crippen LogP contribution in [0.25, 0.3) is 0 Å². The minimum Gasteiger partial charge on any atom is -0.481 e. The highest BCUT2D eigenvalue weighted by atomic mass is 79.9. The monoisotopic (exact) mass is 311 g/mol. The number of rotatable bonds is 2. The second-order valence-electron chi connectivity index (χ2n) is 4.56. The fourth-order valence-electron chi connectivity index (χ4n) is 2.12. The Morgan fingerprint density at radius 3 is 2.78 bits per heavy atom. The van der Waals surface area contributed by atoms with E-state index in [2.05, 4.69) is 15.9 Å². The van der Waals surface area contributed by atoms with E-state index in [-0.39, 0.29) is 5.91 Å². The predicted octanol–water partition coefficient (Wildman–Crippen LogP) is 2.30. The molecule has 4 nitrogen and oxygen atoms in total. The second kappa shape index (κ2) is 5.10. The number of hydrogen-bond donors (Lipinski definition) is 1. The first kappa shape index (κ1) is 13.1. The standard InChI is InChI=1S/C13H14BrNO3/c1-8-2-3-11(14)10(6-8)12(16)15-5-4-9(7-15)13(17)18/h2-3,6,9H,4-5,7H2,1H3,(H,17,18). The number of aryl methyl sites for hydroxylation is 1. The van der Waals surface area contributed by atoms with Crippen molar-refractivity contribution >= 4 is 27.8 Å². The number of amides is 1. The van der Waals surface area contributed by atoms with Crippen molar-refractivity contribution in [1.29, 1.82) is 0 Å². The van der Waals surface area contributed by atoms with E-state index < -0.39 is 11.9 Å². The smallest absolute Gasteiger partial charge is 0.308 e. The summed E-state index contributed by atoms with van der Waals surface area (Å²) in [6.45, 7) is 2.73. The molecule has 1 fully saturated rings. The van der Waals surface area contributed by atoms with Crippen LogP contribution < -0.4 is 0 Å². The van der Waals surface area contributed by atoms with Crippen molar-refractivity contribution in [3.63, 3.8) is 0 Å². The molecule has 0 aliphatic carbocycles. The number of carboxylic acid groups (broad SMARTS) is 1. The zero-order valence-electron chi connectivity index (χ0n) is 10.0. The number of carbonyl (C=O) groups is 2. The van der Waals surface area contributed by atoms with Crippen LogP contribution in [-0.2, 0) is 4.79 Å². The first-order valence-electron chi connectivity index (χ1n) is 5.77. The van der Waals surface area contributed by atoms with E-state index in [0.717, 1.165) is 10.0 Å². The predicted molar refractivity (Wildman–Crippen MR) is 70.5 cm³/mol. The molecule has 18 heavy (non-hydrogen) atoms.